The first kappa shape index (κ1) is 4.76. The highest BCUT2D eigenvalue weighted by Gasteiger charge is 1.46. The van der Waals surface area contributed by atoms with E-state index < -0.39 is 0 Å². The maximum atomic E-state index is 4.65. The van der Waals surface area contributed by atoms with Gasteiger partial charge in [0.1, 0.15) is 0 Å². The van der Waals surface area contributed by atoms with Crippen molar-refractivity contribution in [3.8, 4) is 0 Å². The molecule has 2 heteroatoms. The molecule has 0 aromatic carbocycles. The molecule has 0 aromatic heterocycles. The smallest absolute Gasteiger partial charge is 0.203 e. The summed E-state index contributed by atoms with van der Waals surface area (Å²) < 4.78 is 4.65. The molecule has 1 nitrogen and oxygen atoms in total. The molecule has 0 radical (unpaired) electrons. The number of hydrogen-bond acceptors (Lipinski definition) is 1. The molecule has 30 valence electrons. The standard InChI is InChI=1S/C3H8OSi/c1-2-3-4-5/h2-3H,1,5H3. The van der Waals surface area contributed by atoms with E-state index in [9.17, 15) is 0 Å². The maximum absolute atomic E-state index is 4.65. The molecule has 0 unspecified atom stereocenters. The van der Waals surface area contributed by atoms with Gasteiger partial charge in [0, 0.05) is 0 Å². The first-order chi connectivity index (χ1) is 2.41. The summed E-state index contributed by atoms with van der Waals surface area (Å²) in [5, 5.41) is 0. The number of allylic oxidation sites excluding steroid dienone is 1. The quantitative estimate of drug-likeness (QED) is 0.319. The van der Waals surface area contributed by atoms with Crippen LogP contribution in [0.1, 0.15) is 6.92 Å². The highest BCUT2D eigenvalue weighted by Crippen LogP contribution is 1.63. The van der Waals surface area contributed by atoms with Crippen molar-refractivity contribution in [2.45, 2.75) is 6.92 Å². The molecule has 0 aliphatic carbocycles. The van der Waals surface area contributed by atoms with E-state index in [-0.39, 0.29) is 0 Å². The predicted molar refractivity (Wildman–Crippen MR) is 25.8 cm³/mol. The van der Waals surface area contributed by atoms with Crippen LogP contribution in [0.2, 0.25) is 0 Å². The van der Waals surface area contributed by atoms with Crippen LogP contribution in [-0.2, 0) is 4.43 Å². The normalized spacial score (nSPS) is 9.80. The lowest BCUT2D eigenvalue weighted by molar-refractivity contribution is 0.534. The van der Waals surface area contributed by atoms with Crippen LogP contribution < -0.4 is 0 Å². The lowest BCUT2D eigenvalue weighted by atomic mass is 10.8. The number of hydrogen-bond donors (Lipinski definition) is 0. The average molecular weight is 88.2 g/mol. The first-order valence-electron chi connectivity index (χ1n) is 1.55. The molecule has 0 aliphatic heterocycles. The molecule has 0 aromatic rings. The predicted octanol–water partition coefficient (Wildman–Crippen LogP) is -0.183. The van der Waals surface area contributed by atoms with Gasteiger partial charge in [-0.2, -0.15) is 0 Å². The summed E-state index contributed by atoms with van der Waals surface area (Å²) in [6.07, 6.45) is 3.55. The minimum Gasteiger partial charge on any atom is -0.559 e. The third-order valence-corrected chi connectivity index (χ3v) is 0.544. The van der Waals surface area contributed by atoms with Gasteiger partial charge in [0.05, 0.1) is 6.26 Å². The molecular formula is C3H8OSi. The minimum atomic E-state index is 0.812. The summed E-state index contributed by atoms with van der Waals surface area (Å²) in [6.45, 7) is 1.93. The third kappa shape index (κ3) is 3.76. The summed E-state index contributed by atoms with van der Waals surface area (Å²) in [6, 6.07) is 0. The van der Waals surface area contributed by atoms with Crippen LogP contribution in [0.15, 0.2) is 12.3 Å². The minimum absolute atomic E-state index is 0.812. The highest BCUT2D eigenvalue weighted by atomic mass is 28.2. The van der Waals surface area contributed by atoms with Crippen LogP contribution in [0.25, 0.3) is 0 Å². The van der Waals surface area contributed by atoms with Crippen LogP contribution >= 0.6 is 0 Å². The van der Waals surface area contributed by atoms with Crippen LogP contribution in [0.4, 0.5) is 0 Å². The third-order valence-electron chi connectivity index (χ3n) is 0.272. The Morgan fingerprint density at radius 1 is 1.80 bits per heavy atom. The molecule has 0 amide bonds. The van der Waals surface area contributed by atoms with Crippen molar-refractivity contribution in [3.05, 3.63) is 12.3 Å². The van der Waals surface area contributed by atoms with E-state index in [4.69, 9.17) is 0 Å². The van der Waals surface area contributed by atoms with Gasteiger partial charge in [-0.15, -0.1) is 0 Å². The molecule has 0 bridgehead atoms. The molecular weight excluding hydrogens is 80.1 g/mol. The average Bonchev–Trinajstić information content (AvgIpc) is 1.41. The van der Waals surface area contributed by atoms with Crippen molar-refractivity contribution in [1.29, 1.82) is 0 Å². The summed E-state index contributed by atoms with van der Waals surface area (Å²) in [5.41, 5.74) is 0. The largest absolute Gasteiger partial charge is 0.559 e. The Bertz CT molecular complexity index is 33.9. The van der Waals surface area contributed by atoms with E-state index in [1.165, 1.54) is 0 Å². The van der Waals surface area contributed by atoms with E-state index in [1.807, 2.05) is 13.0 Å². The lowest BCUT2D eigenvalue weighted by Gasteiger charge is -1.78. The molecule has 0 aliphatic rings. The molecule has 0 heterocycles. The molecule has 0 saturated heterocycles. The fraction of sp³-hybridized carbons (Fsp3) is 0.333. The second kappa shape index (κ2) is 3.76. The van der Waals surface area contributed by atoms with Gasteiger partial charge in [-0.05, 0) is 6.92 Å². The fourth-order valence-electron chi connectivity index (χ4n) is 0.136. The Kier molecular flexibility index (Phi) is 3.57. The zero-order chi connectivity index (χ0) is 4.12. The van der Waals surface area contributed by atoms with Crippen LogP contribution in [0.3, 0.4) is 0 Å². The molecule has 0 saturated carbocycles. The molecule has 0 atom stereocenters. The molecule has 5 heavy (non-hydrogen) atoms. The molecule has 0 fully saturated rings. The Labute approximate surface area is 35.2 Å². The molecule has 0 spiro atoms. The van der Waals surface area contributed by atoms with Crippen molar-refractivity contribution in [2.24, 2.45) is 0 Å². The SMILES string of the molecule is CC=CO[SiH3]. The summed E-state index contributed by atoms with van der Waals surface area (Å²) in [4.78, 5) is 0. The first-order valence-corrected chi connectivity index (χ1v) is 2.37. The van der Waals surface area contributed by atoms with E-state index in [0.717, 1.165) is 10.5 Å². The molecule has 0 N–H and O–H groups in total. The van der Waals surface area contributed by atoms with Gasteiger partial charge < -0.3 is 4.43 Å². The fourth-order valence-corrected chi connectivity index (χ4v) is 0.408. The Morgan fingerprint density at radius 3 is 2.40 bits per heavy atom. The Balaban J connectivity index is 2.62. The zero-order valence-corrected chi connectivity index (χ0v) is 5.56. The van der Waals surface area contributed by atoms with Gasteiger partial charge in [-0.1, -0.05) is 6.08 Å². The van der Waals surface area contributed by atoms with E-state index >= 15 is 0 Å². The highest BCUT2D eigenvalue weighted by molar-refractivity contribution is 5.98. The van der Waals surface area contributed by atoms with Gasteiger partial charge >= 0.3 is 0 Å². The summed E-state index contributed by atoms with van der Waals surface area (Å²) in [7, 11) is 0.812. The maximum Gasteiger partial charge on any atom is 0.203 e. The summed E-state index contributed by atoms with van der Waals surface area (Å²) in [5.74, 6) is 0. The van der Waals surface area contributed by atoms with Gasteiger partial charge in [0.2, 0.25) is 10.5 Å². The van der Waals surface area contributed by atoms with Crippen molar-refractivity contribution in [2.75, 3.05) is 0 Å². The monoisotopic (exact) mass is 88.0 g/mol. The van der Waals surface area contributed by atoms with Gasteiger partial charge in [0.15, 0.2) is 0 Å². The van der Waals surface area contributed by atoms with Crippen molar-refractivity contribution in [1.82, 2.24) is 0 Å². The lowest BCUT2D eigenvalue weighted by Crippen LogP contribution is -1.62. The Hall–Kier alpha value is -0.243. The number of rotatable bonds is 1. The topological polar surface area (TPSA) is 9.23 Å². The molecule has 0 rings (SSSR count). The zero-order valence-electron chi connectivity index (χ0n) is 3.56. The van der Waals surface area contributed by atoms with Gasteiger partial charge in [0.25, 0.3) is 0 Å². The van der Waals surface area contributed by atoms with Gasteiger partial charge in [-0.25, -0.2) is 0 Å². The Morgan fingerprint density at radius 2 is 2.40 bits per heavy atom. The van der Waals surface area contributed by atoms with E-state index in [0.29, 0.717) is 0 Å². The van der Waals surface area contributed by atoms with Crippen molar-refractivity contribution in [3.63, 3.8) is 0 Å². The van der Waals surface area contributed by atoms with Crippen LogP contribution in [-0.4, -0.2) is 10.5 Å². The van der Waals surface area contributed by atoms with E-state index in [2.05, 4.69) is 4.43 Å². The van der Waals surface area contributed by atoms with Crippen molar-refractivity contribution < 1.29 is 4.43 Å². The van der Waals surface area contributed by atoms with Crippen LogP contribution in [0, 0.1) is 0 Å². The van der Waals surface area contributed by atoms with Gasteiger partial charge in [-0.3, -0.25) is 0 Å². The second-order valence-electron chi connectivity index (χ2n) is 0.705. The van der Waals surface area contributed by atoms with Crippen molar-refractivity contribution >= 4 is 10.5 Å². The van der Waals surface area contributed by atoms with Crippen LogP contribution in [0.5, 0.6) is 0 Å². The van der Waals surface area contributed by atoms with E-state index in [1.54, 1.807) is 6.26 Å². The summed E-state index contributed by atoms with van der Waals surface area (Å²) >= 11 is 0. The second-order valence-corrected chi connectivity index (χ2v) is 1.18.